The third-order valence-electron chi connectivity index (χ3n) is 6.44. The van der Waals surface area contributed by atoms with Gasteiger partial charge in [-0.2, -0.15) is 11.3 Å². The molecule has 0 bridgehead atoms. The van der Waals surface area contributed by atoms with E-state index in [1.54, 1.807) is 42.5 Å². The van der Waals surface area contributed by atoms with E-state index in [9.17, 15) is 9.90 Å². The predicted molar refractivity (Wildman–Crippen MR) is 132 cm³/mol. The summed E-state index contributed by atoms with van der Waals surface area (Å²) in [5.41, 5.74) is 1.32. The van der Waals surface area contributed by atoms with Crippen LogP contribution in [-0.4, -0.2) is 53.5 Å². The lowest BCUT2D eigenvalue weighted by Gasteiger charge is -2.36. The number of thioether (sulfide) groups is 1. The lowest BCUT2D eigenvalue weighted by Crippen LogP contribution is -2.44. The molecule has 1 fully saturated rings. The lowest BCUT2D eigenvalue weighted by molar-refractivity contribution is -0.146. The number of alkyl halides is 1. The van der Waals surface area contributed by atoms with Crippen LogP contribution in [0.3, 0.4) is 0 Å². The maximum atomic E-state index is 15.3. The van der Waals surface area contributed by atoms with E-state index in [4.69, 9.17) is 4.74 Å². The zero-order valence-electron chi connectivity index (χ0n) is 18.7. The molecule has 3 atom stereocenters. The van der Waals surface area contributed by atoms with Crippen LogP contribution in [0.5, 0.6) is 5.75 Å². The number of pyridine rings is 1. The highest BCUT2D eigenvalue weighted by atomic mass is 32.2. The number of benzene rings is 1. The number of carbonyl (C=O) groups is 1. The summed E-state index contributed by atoms with van der Waals surface area (Å²) in [4.78, 5) is 19.8. The molecule has 3 aromatic rings. The summed E-state index contributed by atoms with van der Waals surface area (Å²) < 4.78 is 20.6. The largest absolute Gasteiger partial charge is 0.497 e. The summed E-state index contributed by atoms with van der Waals surface area (Å²) >= 11 is 3.49. The van der Waals surface area contributed by atoms with Crippen LogP contribution in [0.25, 0.3) is 10.9 Å². The molecule has 5 nitrogen and oxygen atoms in total. The highest BCUT2D eigenvalue weighted by Crippen LogP contribution is 2.35. The average Bonchev–Trinajstić information content (AvgIpc) is 3.35. The highest BCUT2D eigenvalue weighted by Gasteiger charge is 2.34. The number of methoxy groups -OCH3 is 1. The van der Waals surface area contributed by atoms with E-state index in [0.717, 1.165) is 36.2 Å². The molecule has 0 unspecified atom stereocenters. The van der Waals surface area contributed by atoms with Crippen molar-refractivity contribution in [2.45, 2.75) is 30.3 Å². The molecule has 0 aliphatic carbocycles. The molecule has 1 aromatic carbocycles. The van der Waals surface area contributed by atoms with E-state index in [1.165, 1.54) is 4.90 Å². The number of aromatic nitrogens is 1. The van der Waals surface area contributed by atoms with E-state index >= 15 is 4.39 Å². The number of aliphatic carboxylic acids is 1. The fourth-order valence-electron chi connectivity index (χ4n) is 4.59. The summed E-state index contributed by atoms with van der Waals surface area (Å²) in [6.07, 6.45) is 2.11. The van der Waals surface area contributed by atoms with Crippen molar-refractivity contribution in [2.75, 3.05) is 32.5 Å². The highest BCUT2D eigenvalue weighted by molar-refractivity contribution is 7.99. The number of halogens is 1. The van der Waals surface area contributed by atoms with E-state index in [2.05, 4.69) is 26.7 Å². The van der Waals surface area contributed by atoms with Crippen LogP contribution in [0.1, 0.15) is 31.0 Å². The molecular weight excluding hydrogens is 459 g/mol. The third kappa shape index (κ3) is 6.05. The topological polar surface area (TPSA) is 62.7 Å². The van der Waals surface area contributed by atoms with Crippen molar-refractivity contribution >= 4 is 40.0 Å². The number of thiophene rings is 1. The van der Waals surface area contributed by atoms with Gasteiger partial charge in [-0.25, -0.2) is 4.39 Å². The van der Waals surface area contributed by atoms with Crippen LogP contribution in [0, 0.1) is 11.8 Å². The minimum atomic E-state index is -1.17. The van der Waals surface area contributed by atoms with Crippen molar-refractivity contribution in [3.05, 3.63) is 52.9 Å². The Kier molecular flexibility index (Phi) is 8.22. The summed E-state index contributed by atoms with van der Waals surface area (Å²) in [5.74, 6) is 0.374. The first kappa shape index (κ1) is 24.0. The van der Waals surface area contributed by atoms with Gasteiger partial charge in [0.2, 0.25) is 0 Å². The smallest absolute Gasteiger partial charge is 0.308 e. The second-order valence-corrected chi connectivity index (χ2v) is 10.4. The van der Waals surface area contributed by atoms with Gasteiger partial charge >= 0.3 is 5.97 Å². The second-order valence-electron chi connectivity index (χ2n) is 8.43. The molecular formula is C25H29FN2O3S2. The molecule has 2 aromatic heterocycles. The second kappa shape index (κ2) is 11.3. The molecule has 1 N–H and O–H groups in total. The Morgan fingerprint density at radius 3 is 3.03 bits per heavy atom. The molecule has 33 heavy (non-hydrogen) atoms. The maximum absolute atomic E-state index is 15.3. The molecule has 8 heteroatoms. The number of ether oxygens (including phenoxy) is 1. The first-order chi connectivity index (χ1) is 16.0. The Balaban J connectivity index is 1.34. The number of hydrogen-bond acceptors (Lipinski definition) is 6. The predicted octanol–water partition coefficient (Wildman–Crippen LogP) is 5.91. The number of fused-ring (bicyclic) bond motifs is 1. The summed E-state index contributed by atoms with van der Waals surface area (Å²) in [6, 6.07) is 9.29. The molecule has 4 rings (SSSR count). The van der Waals surface area contributed by atoms with Crippen molar-refractivity contribution < 1.29 is 19.0 Å². The Morgan fingerprint density at radius 1 is 1.39 bits per heavy atom. The van der Waals surface area contributed by atoms with Crippen molar-refractivity contribution in [3.63, 3.8) is 0 Å². The van der Waals surface area contributed by atoms with Gasteiger partial charge in [-0.3, -0.25) is 9.78 Å². The molecule has 0 saturated carbocycles. The summed E-state index contributed by atoms with van der Waals surface area (Å²) in [7, 11) is 1.59. The zero-order chi connectivity index (χ0) is 23.2. The first-order valence-corrected chi connectivity index (χ1v) is 13.1. The quantitative estimate of drug-likeness (QED) is 0.358. The maximum Gasteiger partial charge on any atom is 0.308 e. The average molecular weight is 489 g/mol. The van der Waals surface area contributed by atoms with Gasteiger partial charge in [-0.05, 0) is 73.0 Å². The monoisotopic (exact) mass is 488 g/mol. The Labute approximate surface area is 202 Å². The first-order valence-electron chi connectivity index (χ1n) is 11.2. The van der Waals surface area contributed by atoms with Crippen LogP contribution in [0.4, 0.5) is 4.39 Å². The molecule has 0 radical (unpaired) electrons. The van der Waals surface area contributed by atoms with E-state index in [0.29, 0.717) is 30.7 Å². The zero-order valence-corrected chi connectivity index (χ0v) is 20.3. The molecule has 1 aliphatic heterocycles. The SMILES string of the molecule is COc1ccc2nccc([C@H](F)CC[C@@H]3CCN(CCSc4ccsc4)C[C@@H]3C(=O)O)c2c1. The van der Waals surface area contributed by atoms with Gasteiger partial charge < -0.3 is 14.7 Å². The molecule has 0 amide bonds. The molecule has 1 saturated heterocycles. The van der Waals surface area contributed by atoms with Gasteiger partial charge in [-0.15, -0.1) is 11.8 Å². The van der Waals surface area contributed by atoms with Crippen molar-refractivity contribution in [2.24, 2.45) is 11.8 Å². The fraction of sp³-hybridized carbons (Fsp3) is 0.440. The Morgan fingerprint density at radius 2 is 2.27 bits per heavy atom. The number of likely N-dealkylation sites (tertiary alicyclic amines) is 1. The number of carboxylic acid groups (broad SMARTS) is 1. The number of piperidine rings is 1. The van der Waals surface area contributed by atoms with Gasteiger partial charge in [-0.1, -0.05) is 0 Å². The minimum absolute atomic E-state index is 0.0100. The summed E-state index contributed by atoms with van der Waals surface area (Å²) in [5, 5.41) is 14.8. The van der Waals surface area contributed by atoms with Gasteiger partial charge in [0.15, 0.2) is 0 Å². The van der Waals surface area contributed by atoms with Gasteiger partial charge in [0.05, 0.1) is 18.5 Å². The van der Waals surface area contributed by atoms with Gasteiger partial charge in [0.25, 0.3) is 0 Å². The van der Waals surface area contributed by atoms with E-state index in [-0.39, 0.29) is 5.92 Å². The molecule has 3 heterocycles. The fourth-order valence-corrected chi connectivity index (χ4v) is 6.38. The molecule has 1 aliphatic rings. The lowest BCUT2D eigenvalue weighted by atomic mass is 9.81. The van der Waals surface area contributed by atoms with Crippen molar-refractivity contribution in [1.29, 1.82) is 0 Å². The van der Waals surface area contributed by atoms with Crippen LogP contribution in [0.2, 0.25) is 0 Å². The normalized spacial score (nSPS) is 20.1. The number of carboxylic acids is 1. The van der Waals surface area contributed by atoms with Crippen LogP contribution >= 0.6 is 23.1 Å². The number of nitrogens with zero attached hydrogens (tertiary/aromatic N) is 2. The van der Waals surface area contributed by atoms with E-state index in [1.807, 2.05) is 18.2 Å². The van der Waals surface area contributed by atoms with Crippen LogP contribution in [0.15, 0.2) is 52.2 Å². The van der Waals surface area contributed by atoms with Crippen molar-refractivity contribution in [1.82, 2.24) is 9.88 Å². The van der Waals surface area contributed by atoms with Crippen molar-refractivity contribution in [3.8, 4) is 5.75 Å². The van der Waals surface area contributed by atoms with Gasteiger partial charge in [0, 0.05) is 40.7 Å². The standard InChI is InChI=1S/C25H29FN2O3S2/c1-31-18-3-5-24-21(14-18)20(6-9-27-24)23(26)4-2-17-7-10-28(15-22(17)25(29)30)11-13-33-19-8-12-32-16-19/h3,5-6,8-9,12,14,16-17,22-23H,2,4,7,10-11,13,15H2,1H3,(H,29,30)/t17-,22+,23-/m1/s1. The summed E-state index contributed by atoms with van der Waals surface area (Å²) in [6.45, 7) is 2.27. The van der Waals surface area contributed by atoms with Crippen LogP contribution < -0.4 is 4.74 Å². The number of hydrogen-bond donors (Lipinski definition) is 1. The molecule has 176 valence electrons. The number of rotatable bonds is 10. The van der Waals surface area contributed by atoms with Gasteiger partial charge in [0.1, 0.15) is 11.9 Å². The van der Waals surface area contributed by atoms with E-state index < -0.39 is 18.1 Å². The molecule has 0 spiro atoms. The Bertz CT molecular complexity index is 1060. The minimum Gasteiger partial charge on any atom is -0.497 e. The third-order valence-corrected chi connectivity index (χ3v) is 8.25. The Hall–Kier alpha value is -2.16. The van der Waals surface area contributed by atoms with Crippen LogP contribution in [-0.2, 0) is 4.79 Å².